The number of carboxylic acids is 1. The Balaban J connectivity index is 2.63. The Morgan fingerprint density at radius 3 is 2.50 bits per heavy atom. The van der Waals surface area contributed by atoms with E-state index in [1.54, 1.807) is 32.4 Å². The van der Waals surface area contributed by atoms with E-state index in [1.165, 1.54) is 0 Å². The minimum absolute atomic E-state index is 0.201. The molecule has 2 aromatic carbocycles. The van der Waals surface area contributed by atoms with Crippen LogP contribution in [-0.4, -0.2) is 25.3 Å². The lowest BCUT2D eigenvalue weighted by molar-refractivity contribution is 0.0696. The van der Waals surface area contributed by atoms with Crippen molar-refractivity contribution < 1.29 is 19.4 Å². The van der Waals surface area contributed by atoms with E-state index in [0.29, 0.717) is 16.0 Å². The number of hydrogen-bond acceptors (Lipinski definition) is 3. The number of rotatable bonds is 4. The van der Waals surface area contributed by atoms with E-state index in [9.17, 15) is 9.90 Å². The van der Waals surface area contributed by atoms with E-state index < -0.39 is 5.97 Å². The van der Waals surface area contributed by atoms with Crippen molar-refractivity contribution in [2.24, 2.45) is 0 Å². The molecule has 2 aromatic rings. The van der Waals surface area contributed by atoms with Gasteiger partial charge in [-0.05, 0) is 39.7 Å². The number of methoxy groups -OCH3 is 2. The second-order valence-electron chi connectivity index (χ2n) is 4.04. The lowest BCUT2D eigenvalue weighted by Gasteiger charge is -2.13. The van der Waals surface area contributed by atoms with Gasteiger partial charge in [-0.3, -0.25) is 0 Å². The van der Waals surface area contributed by atoms with E-state index in [2.05, 4.69) is 15.9 Å². The molecule has 0 saturated heterocycles. The van der Waals surface area contributed by atoms with Crippen LogP contribution in [0, 0.1) is 0 Å². The second kappa shape index (κ2) is 5.96. The van der Waals surface area contributed by atoms with Crippen LogP contribution in [0.1, 0.15) is 10.4 Å². The molecule has 0 heterocycles. The van der Waals surface area contributed by atoms with Crippen LogP contribution in [0.5, 0.6) is 11.5 Å². The molecule has 0 aromatic heterocycles. The molecule has 0 saturated carbocycles. The quantitative estimate of drug-likeness (QED) is 0.921. The molecular weight excluding hydrogens is 324 g/mol. The van der Waals surface area contributed by atoms with E-state index in [-0.39, 0.29) is 5.56 Å². The molecule has 5 heteroatoms. The predicted molar refractivity (Wildman–Crippen MR) is 79.6 cm³/mol. The highest BCUT2D eigenvalue weighted by atomic mass is 79.9. The predicted octanol–water partition coefficient (Wildman–Crippen LogP) is 3.83. The highest BCUT2D eigenvalue weighted by Gasteiger charge is 2.14. The highest BCUT2D eigenvalue weighted by molar-refractivity contribution is 9.10. The molecule has 0 aliphatic carbocycles. The van der Waals surface area contributed by atoms with Crippen LogP contribution in [0.25, 0.3) is 11.1 Å². The number of para-hydroxylation sites is 1. The van der Waals surface area contributed by atoms with Gasteiger partial charge >= 0.3 is 5.97 Å². The summed E-state index contributed by atoms with van der Waals surface area (Å²) in [4.78, 5) is 11.2. The van der Waals surface area contributed by atoms with Crippen LogP contribution in [-0.2, 0) is 0 Å². The smallest absolute Gasteiger partial charge is 0.336 e. The normalized spacial score (nSPS) is 10.2. The fourth-order valence-electron chi connectivity index (χ4n) is 1.97. The van der Waals surface area contributed by atoms with Crippen molar-refractivity contribution in [1.29, 1.82) is 0 Å². The molecule has 1 N–H and O–H groups in total. The Morgan fingerprint density at radius 1 is 1.15 bits per heavy atom. The molecule has 0 fully saturated rings. The SMILES string of the molecule is COc1cccc(-c2ccc(Br)c(C(=O)O)c2)c1OC. The van der Waals surface area contributed by atoms with Gasteiger partial charge in [-0.1, -0.05) is 18.2 Å². The summed E-state index contributed by atoms with van der Waals surface area (Å²) in [5, 5.41) is 9.18. The Morgan fingerprint density at radius 2 is 1.90 bits per heavy atom. The van der Waals surface area contributed by atoms with Gasteiger partial charge in [0, 0.05) is 10.0 Å². The maximum absolute atomic E-state index is 11.2. The molecule has 0 bridgehead atoms. The van der Waals surface area contributed by atoms with Gasteiger partial charge in [0.1, 0.15) is 0 Å². The van der Waals surface area contributed by atoms with Gasteiger partial charge in [0.2, 0.25) is 0 Å². The van der Waals surface area contributed by atoms with Crippen LogP contribution < -0.4 is 9.47 Å². The van der Waals surface area contributed by atoms with Crippen molar-refractivity contribution in [3.8, 4) is 22.6 Å². The van der Waals surface area contributed by atoms with Crippen LogP contribution in [0.4, 0.5) is 0 Å². The zero-order chi connectivity index (χ0) is 14.7. The fourth-order valence-corrected chi connectivity index (χ4v) is 2.39. The molecule has 0 atom stereocenters. The van der Waals surface area contributed by atoms with Crippen molar-refractivity contribution in [3.05, 3.63) is 46.4 Å². The van der Waals surface area contributed by atoms with Crippen LogP contribution in [0.3, 0.4) is 0 Å². The van der Waals surface area contributed by atoms with Gasteiger partial charge in [0.15, 0.2) is 11.5 Å². The topological polar surface area (TPSA) is 55.8 Å². The summed E-state index contributed by atoms with van der Waals surface area (Å²) in [5.74, 6) is 0.194. The number of aromatic carboxylic acids is 1. The monoisotopic (exact) mass is 336 g/mol. The first kappa shape index (κ1) is 14.4. The Labute approximate surface area is 125 Å². The molecule has 4 nitrogen and oxygen atoms in total. The molecule has 0 amide bonds. The lowest BCUT2D eigenvalue weighted by atomic mass is 10.0. The maximum Gasteiger partial charge on any atom is 0.336 e. The summed E-state index contributed by atoms with van der Waals surface area (Å²) < 4.78 is 11.2. The van der Waals surface area contributed by atoms with Crippen LogP contribution in [0.15, 0.2) is 40.9 Å². The summed E-state index contributed by atoms with van der Waals surface area (Å²) in [6, 6.07) is 10.6. The average molecular weight is 337 g/mol. The zero-order valence-electron chi connectivity index (χ0n) is 11.0. The third kappa shape index (κ3) is 2.63. The molecule has 0 spiro atoms. The van der Waals surface area contributed by atoms with E-state index in [4.69, 9.17) is 9.47 Å². The number of carbonyl (C=O) groups is 1. The Bertz CT molecular complexity index is 652. The molecule has 0 aliphatic heterocycles. The molecule has 104 valence electrons. The van der Waals surface area contributed by atoms with Crippen molar-refractivity contribution in [2.45, 2.75) is 0 Å². The minimum Gasteiger partial charge on any atom is -0.493 e. The summed E-state index contributed by atoms with van der Waals surface area (Å²) in [7, 11) is 3.12. The van der Waals surface area contributed by atoms with Crippen molar-refractivity contribution >= 4 is 21.9 Å². The van der Waals surface area contributed by atoms with Gasteiger partial charge in [-0.15, -0.1) is 0 Å². The lowest BCUT2D eigenvalue weighted by Crippen LogP contribution is -1.99. The molecule has 0 aliphatic rings. The van der Waals surface area contributed by atoms with Crippen molar-refractivity contribution in [1.82, 2.24) is 0 Å². The van der Waals surface area contributed by atoms with Gasteiger partial charge in [-0.2, -0.15) is 0 Å². The fraction of sp³-hybridized carbons (Fsp3) is 0.133. The van der Waals surface area contributed by atoms with Gasteiger partial charge in [-0.25, -0.2) is 4.79 Å². The molecule has 20 heavy (non-hydrogen) atoms. The van der Waals surface area contributed by atoms with Crippen LogP contribution in [0.2, 0.25) is 0 Å². The minimum atomic E-state index is -0.986. The third-order valence-electron chi connectivity index (χ3n) is 2.91. The number of hydrogen-bond donors (Lipinski definition) is 1. The number of ether oxygens (including phenoxy) is 2. The number of benzene rings is 2. The number of halogens is 1. The van der Waals surface area contributed by atoms with E-state index in [0.717, 1.165) is 11.1 Å². The van der Waals surface area contributed by atoms with Gasteiger partial charge in [0.05, 0.1) is 19.8 Å². The van der Waals surface area contributed by atoms with E-state index >= 15 is 0 Å². The largest absolute Gasteiger partial charge is 0.493 e. The standard InChI is InChI=1S/C15H13BrO4/c1-19-13-5-3-4-10(14(13)20-2)9-6-7-12(16)11(8-9)15(17)18/h3-8H,1-2H3,(H,17,18). The zero-order valence-corrected chi connectivity index (χ0v) is 12.6. The number of carboxylic acid groups (broad SMARTS) is 1. The summed E-state index contributed by atoms with van der Waals surface area (Å²) in [5.41, 5.74) is 1.73. The van der Waals surface area contributed by atoms with Crippen LogP contribution >= 0.6 is 15.9 Å². The average Bonchev–Trinajstić information content (AvgIpc) is 2.46. The molecule has 2 rings (SSSR count). The molecule has 0 unspecified atom stereocenters. The summed E-state index contributed by atoms with van der Waals surface area (Å²) in [6.45, 7) is 0. The van der Waals surface area contributed by atoms with Crippen molar-refractivity contribution in [3.63, 3.8) is 0 Å². The van der Waals surface area contributed by atoms with Crippen molar-refractivity contribution in [2.75, 3.05) is 14.2 Å². The van der Waals surface area contributed by atoms with E-state index in [1.807, 2.05) is 18.2 Å². The Kier molecular flexibility index (Phi) is 4.29. The maximum atomic E-state index is 11.2. The summed E-state index contributed by atoms with van der Waals surface area (Å²) >= 11 is 3.23. The summed E-state index contributed by atoms with van der Waals surface area (Å²) in [6.07, 6.45) is 0. The highest BCUT2D eigenvalue weighted by Crippen LogP contribution is 2.38. The first-order valence-electron chi connectivity index (χ1n) is 5.82. The Hall–Kier alpha value is -2.01. The van der Waals surface area contributed by atoms with Gasteiger partial charge < -0.3 is 14.6 Å². The molecule has 0 radical (unpaired) electrons. The molecular formula is C15H13BrO4. The second-order valence-corrected chi connectivity index (χ2v) is 4.90. The van der Waals surface area contributed by atoms with Gasteiger partial charge in [0.25, 0.3) is 0 Å². The first-order chi connectivity index (χ1) is 9.58. The third-order valence-corrected chi connectivity index (χ3v) is 3.60. The first-order valence-corrected chi connectivity index (χ1v) is 6.62.